The van der Waals surface area contributed by atoms with Crippen LogP contribution >= 0.6 is 0 Å². The van der Waals surface area contributed by atoms with E-state index in [4.69, 9.17) is 4.74 Å². The first kappa shape index (κ1) is 23.0. The molecule has 1 atom stereocenters. The van der Waals surface area contributed by atoms with Crippen molar-refractivity contribution >= 4 is 12.0 Å². The Balaban J connectivity index is 2.84. The zero-order chi connectivity index (χ0) is 20.8. The summed E-state index contributed by atoms with van der Waals surface area (Å²) in [5, 5.41) is 3.04. The van der Waals surface area contributed by atoms with E-state index in [1.807, 2.05) is 52.8 Å². The van der Waals surface area contributed by atoms with Gasteiger partial charge >= 0.3 is 6.09 Å². The zero-order valence-corrected chi connectivity index (χ0v) is 18.1. The minimum Gasteiger partial charge on any atom is -0.444 e. The molecule has 0 saturated carbocycles. The van der Waals surface area contributed by atoms with Crippen molar-refractivity contribution in [3.63, 3.8) is 0 Å². The molecule has 0 spiro atoms. The smallest absolute Gasteiger partial charge is 0.410 e. The molecule has 0 saturated heterocycles. The molecular formula is C22H36N2O3. The molecule has 152 valence electrons. The average Bonchev–Trinajstić information content (AvgIpc) is 2.56. The third-order valence-electron chi connectivity index (χ3n) is 4.41. The molecule has 5 heteroatoms. The van der Waals surface area contributed by atoms with E-state index in [9.17, 15) is 9.59 Å². The zero-order valence-electron chi connectivity index (χ0n) is 18.1. The second-order valence-corrected chi connectivity index (χ2v) is 9.20. The maximum absolute atomic E-state index is 12.9. The molecule has 0 aromatic heterocycles. The molecule has 0 fully saturated rings. The average molecular weight is 377 g/mol. The van der Waals surface area contributed by atoms with Crippen molar-refractivity contribution in [2.75, 3.05) is 13.6 Å². The van der Waals surface area contributed by atoms with Crippen molar-refractivity contribution < 1.29 is 14.3 Å². The number of hydrogen-bond donors (Lipinski definition) is 1. The lowest BCUT2D eigenvalue weighted by molar-refractivity contribution is -0.126. The van der Waals surface area contributed by atoms with E-state index in [1.165, 1.54) is 4.90 Å². The fraction of sp³-hybridized carbons (Fsp3) is 0.636. The maximum atomic E-state index is 12.9. The van der Waals surface area contributed by atoms with Crippen LogP contribution in [0.2, 0.25) is 0 Å². The molecule has 1 aromatic rings. The Bertz CT molecular complexity index is 618. The molecule has 1 rings (SSSR count). The Morgan fingerprint density at radius 3 is 2.11 bits per heavy atom. The second-order valence-electron chi connectivity index (χ2n) is 9.20. The molecule has 0 aliphatic carbocycles. The highest BCUT2D eigenvalue weighted by molar-refractivity contribution is 5.85. The van der Waals surface area contributed by atoms with Crippen LogP contribution in [0.1, 0.15) is 60.5 Å². The van der Waals surface area contributed by atoms with E-state index in [0.717, 1.165) is 5.56 Å². The van der Waals surface area contributed by atoms with Crippen molar-refractivity contribution in [2.45, 2.75) is 71.9 Å². The van der Waals surface area contributed by atoms with Crippen molar-refractivity contribution in [2.24, 2.45) is 5.92 Å². The van der Waals surface area contributed by atoms with Gasteiger partial charge in [-0.2, -0.15) is 0 Å². The summed E-state index contributed by atoms with van der Waals surface area (Å²) in [6.07, 6.45) is 0.0958. The number of carbonyl (C=O) groups excluding carboxylic acids is 2. The van der Waals surface area contributed by atoms with Gasteiger partial charge in [0.15, 0.2) is 0 Å². The number of nitrogens with one attached hydrogen (secondary N) is 1. The van der Waals surface area contributed by atoms with Crippen LogP contribution in [0, 0.1) is 5.92 Å². The fourth-order valence-electron chi connectivity index (χ4n) is 2.77. The van der Waals surface area contributed by atoms with Gasteiger partial charge < -0.3 is 10.1 Å². The summed E-state index contributed by atoms with van der Waals surface area (Å²) in [6.45, 7) is 14.2. The number of rotatable bonds is 7. The van der Waals surface area contributed by atoms with Crippen LogP contribution < -0.4 is 5.32 Å². The highest BCUT2D eigenvalue weighted by Crippen LogP contribution is 2.22. The third-order valence-corrected chi connectivity index (χ3v) is 4.41. The topological polar surface area (TPSA) is 58.6 Å². The summed E-state index contributed by atoms with van der Waals surface area (Å²) in [5.74, 6) is 0.119. The quantitative estimate of drug-likeness (QED) is 0.769. The third kappa shape index (κ3) is 7.61. The molecule has 1 aromatic carbocycles. The highest BCUT2D eigenvalue weighted by atomic mass is 16.6. The standard InChI is InChI=1S/C22H36N2O3/c1-16(2)14-18(24(8)20(26)27-21(3,4)5)19(25)23-15-22(6,7)17-12-10-9-11-13-17/h9-13,16,18H,14-15H2,1-8H3,(H,23,25). The number of carbonyl (C=O) groups is 2. The normalized spacial score (nSPS) is 13.2. The van der Waals surface area contributed by atoms with Crippen LogP contribution in [0.25, 0.3) is 0 Å². The Labute approximate surface area is 164 Å². The van der Waals surface area contributed by atoms with Crippen molar-refractivity contribution in [3.8, 4) is 0 Å². The van der Waals surface area contributed by atoms with E-state index in [2.05, 4.69) is 31.3 Å². The van der Waals surface area contributed by atoms with Gasteiger partial charge in [-0.1, -0.05) is 58.0 Å². The lowest BCUT2D eigenvalue weighted by Gasteiger charge is -2.32. The number of benzene rings is 1. The van der Waals surface area contributed by atoms with Gasteiger partial charge in [0.2, 0.25) is 5.91 Å². The van der Waals surface area contributed by atoms with Crippen molar-refractivity contribution in [3.05, 3.63) is 35.9 Å². The summed E-state index contributed by atoms with van der Waals surface area (Å²) in [6, 6.07) is 9.53. The number of likely N-dealkylation sites (N-methyl/N-ethyl adjacent to an activating group) is 1. The van der Waals surface area contributed by atoms with Crippen LogP contribution in [-0.4, -0.2) is 42.1 Å². The summed E-state index contributed by atoms with van der Waals surface area (Å²) in [5.41, 5.74) is 0.356. The van der Waals surface area contributed by atoms with Crippen LogP contribution in [0.15, 0.2) is 30.3 Å². The van der Waals surface area contributed by atoms with Crippen LogP contribution in [-0.2, 0) is 14.9 Å². The molecule has 1 N–H and O–H groups in total. The molecule has 2 amide bonds. The summed E-state index contributed by atoms with van der Waals surface area (Å²) >= 11 is 0. The number of hydrogen-bond acceptors (Lipinski definition) is 3. The van der Waals surface area contributed by atoms with Gasteiger partial charge in [0.05, 0.1) is 0 Å². The summed E-state index contributed by atoms with van der Waals surface area (Å²) in [7, 11) is 1.63. The Hall–Kier alpha value is -2.04. The van der Waals surface area contributed by atoms with E-state index in [-0.39, 0.29) is 17.2 Å². The van der Waals surface area contributed by atoms with Crippen LogP contribution in [0.4, 0.5) is 4.79 Å². The minimum absolute atomic E-state index is 0.152. The number of amides is 2. The lowest BCUT2D eigenvalue weighted by Crippen LogP contribution is -2.51. The molecule has 0 bridgehead atoms. The SMILES string of the molecule is CC(C)CC(C(=O)NCC(C)(C)c1ccccc1)N(C)C(=O)OC(C)(C)C. The van der Waals surface area contributed by atoms with Crippen LogP contribution in [0.5, 0.6) is 0 Å². The Morgan fingerprint density at radius 1 is 1.07 bits per heavy atom. The summed E-state index contributed by atoms with van der Waals surface area (Å²) < 4.78 is 5.43. The van der Waals surface area contributed by atoms with Crippen molar-refractivity contribution in [1.82, 2.24) is 10.2 Å². The maximum Gasteiger partial charge on any atom is 0.410 e. The predicted octanol–water partition coefficient (Wildman–Crippen LogP) is 4.36. The molecular weight excluding hydrogens is 340 g/mol. The van der Waals surface area contributed by atoms with Gasteiger partial charge in [-0.05, 0) is 38.7 Å². The first-order valence-electron chi connectivity index (χ1n) is 9.62. The van der Waals surface area contributed by atoms with Gasteiger partial charge in [-0.3, -0.25) is 9.69 Å². The monoisotopic (exact) mass is 376 g/mol. The van der Waals surface area contributed by atoms with Gasteiger partial charge in [-0.25, -0.2) is 4.79 Å². The van der Waals surface area contributed by atoms with Gasteiger partial charge in [-0.15, -0.1) is 0 Å². The van der Waals surface area contributed by atoms with E-state index < -0.39 is 17.7 Å². The van der Waals surface area contributed by atoms with E-state index >= 15 is 0 Å². The molecule has 0 aliphatic heterocycles. The number of ether oxygens (including phenoxy) is 1. The Kier molecular flexibility index (Phi) is 7.88. The van der Waals surface area contributed by atoms with Gasteiger partial charge in [0.1, 0.15) is 11.6 Å². The first-order chi connectivity index (χ1) is 12.3. The fourth-order valence-corrected chi connectivity index (χ4v) is 2.77. The van der Waals surface area contributed by atoms with E-state index in [0.29, 0.717) is 13.0 Å². The number of nitrogens with zero attached hydrogens (tertiary/aromatic N) is 1. The minimum atomic E-state index is -0.598. The van der Waals surface area contributed by atoms with Gasteiger partial charge in [0.25, 0.3) is 0 Å². The lowest BCUT2D eigenvalue weighted by atomic mass is 9.84. The summed E-state index contributed by atoms with van der Waals surface area (Å²) in [4.78, 5) is 26.8. The first-order valence-corrected chi connectivity index (χ1v) is 9.62. The molecule has 5 nitrogen and oxygen atoms in total. The largest absolute Gasteiger partial charge is 0.444 e. The van der Waals surface area contributed by atoms with Crippen molar-refractivity contribution in [1.29, 1.82) is 0 Å². The van der Waals surface area contributed by atoms with Crippen LogP contribution in [0.3, 0.4) is 0 Å². The second kappa shape index (κ2) is 9.25. The Morgan fingerprint density at radius 2 is 1.63 bits per heavy atom. The van der Waals surface area contributed by atoms with E-state index in [1.54, 1.807) is 7.05 Å². The van der Waals surface area contributed by atoms with Gasteiger partial charge in [0, 0.05) is 19.0 Å². The molecule has 27 heavy (non-hydrogen) atoms. The highest BCUT2D eigenvalue weighted by Gasteiger charge is 2.32. The predicted molar refractivity (Wildman–Crippen MR) is 110 cm³/mol. The molecule has 0 heterocycles. The molecule has 1 unspecified atom stereocenters. The molecule has 0 radical (unpaired) electrons. The molecule has 0 aliphatic rings.